The van der Waals surface area contributed by atoms with Gasteiger partial charge in [0.2, 0.25) is 10.0 Å². The zero-order chi connectivity index (χ0) is 21.2. The van der Waals surface area contributed by atoms with E-state index in [1.165, 1.54) is 4.31 Å². The number of carbonyl (C=O) groups excluding carboxylic acids is 1. The summed E-state index contributed by atoms with van der Waals surface area (Å²) in [6, 6.07) is 11.4. The van der Waals surface area contributed by atoms with Gasteiger partial charge in [0.15, 0.2) is 6.54 Å². The second-order valence-electron chi connectivity index (χ2n) is 8.02. The molecule has 2 N–H and O–H groups in total. The highest BCUT2D eigenvalue weighted by Crippen LogP contribution is 2.21. The number of rotatable bonds is 5. The summed E-state index contributed by atoms with van der Waals surface area (Å²) in [5, 5.41) is 2.96. The Morgan fingerprint density at radius 3 is 2.17 bits per heavy atom. The van der Waals surface area contributed by atoms with Crippen molar-refractivity contribution < 1.29 is 18.1 Å². The molecule has 0 saturated carbocycles. The lowest BCUT2D eigenvalue weighted by Gasteiger charge is -2.31. The molecule has 0 atom stereocenters. The van der Waals surface area contributed by atoms with E-state index in [1.54, 1.807) is 6.07 Å². The predicted molar refractivity (Wildman–Crippen MR) is 115 cm³/mol. The second-order valence-corrected chi connectivity index (χ2v) is 9.93. The lowest BCUT2D eigenvalue weighted by atomic mass is 10.1. The Bertz CT molecular complexity index is 990. The normalized spacial score (nSPS) is 16.0. The van der Waals surface area contributed by atoms with Gasteiger partial charge >= 0.3 is 0 Å². The van der Waals surface area contributed by atoms with E-state index < -0.39 is 10.0 Å². The first-order valence-electron chi connectivity index (χ1n) is 9.94. The Balaban J connectivity index is 1.58. The molecule has 1 aliphatic heterocycles. The molecule has 3 rings (SSSR count). The largest absolute Gasteiger partial charge is 0.325 e. The minimum atomic E-state index is -3.50. The van der Waals surface area contributed by atoms with Gasteiger partial charge in [0, 0.05) is 5.69 Å². The molecule has 1 saturated heterocycles. The Hall–Kier alpha value is -2.22. The summed E-state index contributed by atoms with van der Waals surface area (Å²) in [5.74, 6) is -0.0457. The zero-order valence-corrected chi connectivity index (χ0v) is 18.4. The number of anilines is 1. The highest BCUT2D eigenvalue weighted by Gasteiger charge is 2.32. The van der Waals surface area contributed by atoms with Gasteiger partial charge in [0.05, 0.1) is 31.1 Å². The van der Waals surface area contributed by atoms with E-state index in [1.807, 2.05) is 52.0 Å². The van der Waals surface area contributed by atoms with Crippen molar-refractivity contribution in [1.29, 1.82) is 0 Å². The Morgan fingerprint density at radius 1 is 0.966 bits per heavy atom. The summed E-state index contributed by atoms with van der Waals surface area (Å²) in [5.41, 5.74) is 4.84. The summed E-state index contributed by atoms with van der Waals surface area (Å²) in [6.45, 7) is 10.2. The molecule has 0 unspecified atom stereocenters. The molecule has 2 aromatic carbocycles. The summed E-state index contributed by atoms with van der Waals surface area (Å²) in [7, 11) is -3.50. The molecule has 29 heavy (non-hydrogen) atoms. The number of quaternary nitrogens is 1. The molecule has 0 radical (unpaired) electrons. The van der Waals surface area contributed by atoms with Crippen LogP contribution in [0, 0.1) is 27.7 Å². The third-order valence-electron chi connectivity index (χ3n) is 5.29. The molecule has 7 heteroatoms. The molecular weight excluding hydrogens is 386 g/mol. The van der Waals surface area contributed by atoms with Gasteiger partial charge < -0.3 is 10.2 Å². The standard InChI is InChI=1S/C22H29N3O3S/c1-16-5-6-21(19(4)12-16)29(27,28)25-9-7-24(8-10-25)15-22(26)23-20-13-17(2)11-18(3)14-20/h5-6,11-14H,7-10,15H2,1-4H3,(H,23,26)/p+1. The Labute approximate surface area is 173 Å². The third-order valence-corrected chi connectivity index (χ3v) is 7.35. The predicted octanol–water partition coefficient (Wildman–Crippen LogP) is 1.45. The van der Waals surface area contributed by atoms with Crippen LogP contribution in [0.15, 0.2) is 41.3 Å². The van der Waals surface area contributed by atoms with Crippen molar-refractivity contribution in [2.75, 3.05) is 38.0 Å². The minimum absolute atomic E-state index is 0.0457. The molecule has 1 fully saturated rings. The Kier molecular flexibility index (Phi) is 6.41. The van der Waals surface area contributed by atoms with Crippen molar-refractivity contribution in [2.45, 2.75) is 32.6 Å². The van der Waals surface area contributed by atoms with Crippen molar-refractivity contribution in [1.82, 2.24) is 4.31 Å². The highest BCUT2D eigenvalue weighted by molar-refractivity contribution is 7.89. The number of hydrogen-bond acceptors (Lipinski definition) is 3. The van der Waals surface area contributed by atoms with Crippen LogP contribution < -0.4 is 10.2 Å². The van der Waals surface area contributed by atoms with Crippen LogP contribution in [0.4, 0.5) is 5.69 Å². The molecule has 156 valence electrons. The number of nitrogens with zero attached hydrogens (tertiary/aromatic N) is 1. The molecule has 0 aromatic heterocycles. The summed E-state index contributed by atoms with van der Waals surface area (Å²) >= 11 is 0. The number of aryl methyl sites for hydroxylation is 4. The Morgan fingerprint density at radius 2 is 1.59 bits per heavy atom. The second kappa shape index (κ2) is 8.65. The highest BCUT2D eigenvalue weighted by atomic mass is 32.2. The summed E-state index contributed by atoms with van der Waals surface area (Å²) in [6.07, 6.45) is 0. The van der Waals surface area contributed by atoms with Gasteiger partial charge in [-0.05, 0) is 62.6 Å². The fraction of sp³-hybridized carbons (Fsp3) is 0.409. The first-order valence-corrected chi connectivity index (χ1v) is 11.4. The van der Waals surface area contributed by atoms with Crippen LogP contribution in [0.2, 0.25) is 0 Å². The fourth-order valence-corrected chi connectivity index (χ4v) is 5.57. The number of piperazine rings is 1. The van der Waals surface area contributed by atoms with Crippen molar-refractivity contribution in [3.63, 3.8) is 0 Å². The van der Waals surface area contributed by atoms with Crippen molar-refractivity contribution >= 4 is 21.6 Å². The fourth-order valence-electron chi connectivity index (χ4n) is 3.93. The van der Waals surface area contributed by atoms with Gasteiger partial charge in [-0.25, -0.2) is 8.42 Å². The molecule has 1 amide bonds. The zero-order valence-electron chi connectivity index (χ0n) is 17.6. The van der Waals surface area contributed by atoms with Crippen LogP contribution >= 0.6 is 0 Å². The van der Waals surface area contributed by atoms with Gasteiger partial charge in [0.25, 0.3) is 5.91 Å². The van der Waals surface area contributed by atoms with Gasteiger partial charge in [-0.3, -0.25) is 4.79 Å². The van der Waals surface area contributed by atoms with Gasteiger partial charge in [-0.1, -0.05) is 23.8 Å². The van der Waals surface area contributed by atoms with E-state index >= 15 is 0 Å². The number of amides is 1. The number of carbonyl (C=O) groups is 1. The number of sulfonamides is 1. The van der Waals surface area contributed by atoms with Crippen LogP contribution in [0.25, 0.3) is 0 Å². The van der Waals surface area contributed by atoms with Crippen LogP contribution in [-0.2, 0) is 14.8 Å². The molecular formula is C22H30N3O3S+. The minimum Gasteiger partial charge on any atom is -0.325 e. The summed E-state index contributed by atoms with van der Waals surface area (Å²) < 4.78 is 27.5. The van der Waals surface area contributed by atoms with E-state index in [2.05, 4.69) is 11.4 Å². The molecule has 1 heterocycles. The lowest BCUT2D eigenvalue weighted by Crippen LogP contribution is -3.15. The van der Waals surface area contributed by atoms with Crippen LogP contribution in [-0.4, -0.2) is 51.4 Å². The smallest absolute Gasteiger partial charge is 0.279 e. The molecule has 2 aromatic rings. The lowest BCUT2D eigenvalue weighted by molar-refractivity contribution is -0.895. The van der Waals surface area contributed by atoms with Crippen molar-refractivity contribution in [3.05, 3.63) is 58.7 Å². The maximum Gasteiger partial charge on any atom is 0.279 e. The maximum absolute atomic E-state index is 13.0. The average Bonchev–Trinajstić information content (AvgIpc) is 2.60. The molecule has 0 bridgehead atoms. The number of benzene rings is 2. The quantitative estimate of drug-likeness (QED) is 0.775. The topological polar surface area (TPSA) is 70.9 Å². The van der Waals surface area contributed by atoms with Crippen LogP contribution in [0.3, 0.4) is 0 Å². The van der Waals surface area contributed by atoms with Gasteiger partial charge in [-0.15, -0.1) is 0 Å². The molecule has 1 aliphatic rings. The van der Waals surface area contributed by atoms with E-state index in [0.717, 1.165) is 32.8 Å². The summed E-state index contributed by atoms with van der Waals surface area (Å²) in [4.78, 5) is 13.9. The molecule has 0 aliphatic carbocycles. The monoisotopic (exact) mass is 416 g/mol. The first kappa shape index (κ1) is 21.5. The first-order chi connectivity index (χ1) is 13.6. The van der Waals surface area contributed by atoms with Crippen LogP contribution in [0.1, 0.15) is 22.3 Å². The molecule has 0 spiro atoms. The molecule has 6 nitrogen and oxygen atoms in total. The van der Waals surface area contributed by atoms with Gasteiger partial charge in [0.1, 0.15) is 0 Å². The van der Waals surface area contributed by atoms with E-state index in [-0.39, 0.29) is 5.91 Å². The van der Waals surface area contributed by atoms with Crippen molar-refractivity contribution in [3.8, 4) is 0 Å². The average molecular weight is 417 g/mol. The van der Waals surface area contributed by atoms with E-state index in [4.69, 9.17) is 0 Å². The van der Waals surface area contributed by atoms with E-state index in [0.29, 0.717) is 37.6 Å². The van der Waals surface area contributed by atoms with Crippen LogP contribution in [0.5, 0.6) is 0 Å². The van der Waals surface area contributed by atoms with E-state index in [9.17, 15) is 13.2 Å². The number of nitrogens with one attached hydrogen (secondary N) is 2. The van der Waals surface area contributed by atoms with Gasteiger partial charge in [-0.2, -0.15) is 4.31 Å². The van der Waals surface area contributed by atoms with Crippen molar-refractivity contribution in [2.24, 2.45) is 0 Å². The maximum atomic E-state index is 13.0. The number of hydrogen-bond donors (Lipinski definition) is 2. The SMILES string of the molecule is Cc1cc(C)cc(NC(=O)C[NH+]2CCN(S(=O)(=O)c3ccc(C)cc3C)CC2)c1. The third kappa shape index (κ3) is 5.23.